The van der Waals surface area contributed by atoms with Crippen LogP contribution in [-0.4, -0.2) is 47.5 Å². The van der Waals surface area contributed by atoms with E-state index < -0.39 is 0 Å². The van der Waals surface area contributed by atoms with Gasteiger partial charge in [-0.3, -0.25) is 0 Å². The normalized spacial score (nSPS) is 34.0. The highest BCUT2D eigenvalue weighted by atomic mass is 35.5. The Hall–Kier alpha value is -1.04. The summed E-state index contributed by atoms with van der Waals surface area (Å²) < 4.78 is 5.83. The summed E-state index contributed by atoms with van der Waals surface area (Å²) in [5.41, 5.74) is 1.23. The summed E-state index contributed by atoms with van der Waals surface area (Å²) >= 11 is 0. The number of anilines is 1. The number of aliphatic hydroxyl groups is 1. The van der Waals surface area contributed by atoms with Crippen LogP contribution in [0, 0.1) is 0 Å². The minimum Gasteiger partial charge on any atom is -0.474 e. The molecule has 5 nitrogen and oxygen atoms in total. The van der Waals surface area contributed by atoms with Gasteiger partial charge in [-0.05, 0) is 18.9 Å². The van der Waals surface area contributed by atoms with E-state index in [0.717, 1.165) is 25.9 Å². The number of aromatic nitrogens is 1. The number of nitrogens with one attached hydrogen (secondary N) is 1. The highest BCUT2D eigenvalue weighted by molar-refractivity contribution is 5.85. The van der Waals surface area contributed by atoms with Crippen LogP contribution in [-0.2, 0) is 0 Å². The number of ether oxygens (including phenoxy) is 1. The topological polar surface area (TPSA) is 57.6 Å². The molecule has 0 amide bonds. The van der Waals surface area contributed by atoms with Crippen molar-refractivity contribution in [2.24, 2.45) is 0 Å². The van der Waals surface area contributed by atoms with Crippen LogP contribution in [0.2, 0.25) is 0 Å². The average Bonchev–Trinajstić information content (AvgIpc) is 2.67. The Labute approximate surface area is 131 Å². The van der Waals surface area contributed by atoms with E-state index in [9.17, 15) is 5.11 Å². The van der Waals surface area contributed by atoms with Gasteiger partial charge in [0.25, 0.3) is 0 Å². The largest absolute Gasteiger partial charge is 0.474 e. The maximum atomic E-state index is 9.32. The van der Waals surface area contributed by atoms with Gasteiger partial charge in [0.2, 0.25) is 5.88 Å². The van der Waals surface area contributed by atoms with E-state index in [-0.39, 0.29) is 24.6 Å². The highest BCUT2D eigenvalue weighted by Gasteiger charge is 2.36. The fraction of sp³-hybridized carbons (Fsp3) is 0.667. The Kier molecular flexibility index (Phi) is 4.24. The van der Waals surface area contributed by atoms with Gasteiger partial charge in [-0.25, -0.2) is 4.98 Å². The fourth-order valence-corrected chi connectivity index (χ4v) is 3.63. The third-order valence-corrected chi connectivity index (χ3v) is 4.75. The first-order valence-corrected chi connectivity index (χ1v) is 7.59. The third-order valence-electron chi connectivity index (χ3n) is 4.75. The summed E-state index contributed by atoms with van der Waals surface area (Å²) in [6.07, 6.45) is 5.77. The van der Waals surface area contributed by atoms with Gasteiger partial charge in [-0.1, -0.05) is 0 Å². The van der Waals surface area contributed by atoms with Gasteiger partial charge >= 0.3 is 0 Å². The summed E-state index contributed by atoms with van der Waals surface area (Å²) in [5.74, 6) is 0.692. The molecule has 116 valence electrons. The lowest BCUT2D eigenvalue weighted by molar-refractivity contribution is -0.0128. The van der Waals surface area contributed by atoms with Crippen LogP contribution in [0.25, 0.3) is 0 Å². The molecule has 3 fully saturated rings. The van der Waals surface area contributed by atoms with Crippen molar-refractivity contribution in [2.45, 2.75) is 50.0 Å². The van der Waals surface area contributed by atoms with E-state index in [4.69, 9.17) is 4.74 Å². The summed E-state index contributed by atoms with van der Waals surface area (Å²) in [6.45, 7) is 2.15. The monoisotopic (exact) mass is 311 g/mol. The molecule has 1 aliphatic carbocycles. The zero-order valence-corrected chi connectivity index (χ0v) is 12.8. The molecule has 6 heteroatoms. The summed E-state index contributed by atoms with van der Waals surface area (Å²) in [7, 11) is 0. The maximum Gasteiger partial charge on any atom is 0.215 e. The maximum absolute atomic E-state index is 9.32. The van der Waals surface area contributed by atoms with E-state index >= 15 is 0 Å². The van der Waals surface area contributed by atoms with E-state index in [0.29, 0.717) is 18.0 Å². The van der Waals surface area contributed by atoms with Crippen LogP contribution in [0.3, 0.4) is 0 Å². The van der Waals surface area contributed by atoms with Crippen molar-refractivity contribution in [1.82, 2.24) is 10.3 Å². The van der Waals surface area contributed by atoms with Crippen LogP contribution >= 0.6 is 12.4 Å². The highest BCUT2D eigenvalue weighted by Crippen LogP contribution is 2.34. The Bertz CT molecular complexity index is 480. The third kappa shape index (κ3) is 2.82. The molecule has 1 saturated carbocycles. The summed E-state index contributed by atoms with van der Waals surface area (Å²) in [4.78, 5) is 6.83. The SMILES string of the molecule is Cl.O[C@H]1C[C@@H](Oc2cc(N3C4CCC3CNC4)ccn2)C1. The van der Waals surface area contributed by atoms with Crippen molar-refractivity contribution in [3.8, 4) is 5.88 Å². The molecule has 2 saturated heterocycles. The lowest BCUT2D eigenvalue weighted by Gasteiger charge is -2.37. The van der Waals surface area contributed by atoms with E-state index in [1.807, 2.05) is 6.20 Å². The molecule has 0 radical (unpaired) electrons. The second kappa shape index (κ2) is 5.99. The summed E-state index contributed by atoms with van der Waals surface area (Å²) in [5, 5.41) is 12.8. The molecule has 2 atom stereocenters. The number of hydrogen-bond donors (Lipinski definition) is 2. The van der Waals surface area contributed by atoms with Crippen molar-refractivity contribution >= 4 is 18.1 Å². The van der Waals surface area contributed by atoms with Crippen LogP contribution in [0.5, 0.6) is 5.88 Å². The first-order valence-electron chi connectivity index (χ1n) is 7.59. The quantitative estimate of drug-likeness (QED) is 0.882. The number of fused-ring (bicyclic) bond motifs is 2. The minimum atomic E-state index is -0.188. The van der Waals surface area contributed by atoms with E-state index in [1.165, 1.54) is 18.5 Å². The molecule has 1 aromatic rings. The first kappa shape index (κ1) is 14.9. The average molecular weight is 312 g/mol. The van der Waals surface area contributed by atoms with Gasteiger partial charge in [0, 0.05) is 56.0 Å². The van der Waals surface area contributed by atoms with Crippen LogP contribution in [0.1, 0.15) is 25.7 Å². The molecular formula is C15H22ClN3O2. The molecule has 0 aromatic carbocycles. The van der Waals surface area contributed by atoms with Crippen molar-refractivity contribution < 1.29 is 9.84 Å². The van der Waals surface area contributed by atoms with Gasteiger partial charge in [0.1, 0.15) is 6.10 Å². The standard InChI is InChI=1S/C15H21N3O2.ClH/c19-13-6-14(7-13)20-15-5-10(3-4-17-15)18-11-1-2-12(18)9-16-8-11;/h3-5,11-14,16,19H,1-2,6-9H2;1H/t11?,12?,13-,14+;. The van der Waals surface area contributed by atoms with Gasteiger partial charge in [0.05, 0.1) is 6.10 Å². The van der Waals surface area contributed by atoms with Gasteiger partial charge in [-0.2, -0.15) is 0 Å². The molecule has 21 heavy (non-hydrogen) atoms. The molecule has 1 aromatic heterocycles. The number of rotatable bonds is 3. The molecule has 3 heterocycles. The Morgan fingerprint density at radius 1 is 1.24 bits per heavy atom. The lowest BCUT2D eigenvalue weighted by atomic mass is 9.92. The smallest absolute Gasteiger partial charge is 0.215 e. The van der Waals surface area contributed by atoms with Gasteiger partial charge in [0.15, 0.2) is 0 Å². The minimum absolute atomic E-state index is 0. The van der Waals surface area contributed by atoms with Crippen LogP contribution in [0.15, 0.2) is 18.3 Å². The Morgan fingerprint density at radius 2 is 1.95 bits per heavy atom. The summed E-state index contributed by atoms with van der Waals surface area (Å²) in [6, 6.07) is 5.35. The molecule has 2 bridgehead atoms. The molecule has 4 rings (SSSR count). The fourth-order valence-electron chi connectivity index (χ4n) is 3.63. The molecule has 2 N–H and O–H groups in total. The molecule has 3 aliphatic rings. The van der Waals surface area contributed by atoms with E-state index in [1.54, 1.807) is 0 Å². The molecule has 2 aliphatic heterocycles. The number of aliphatic hydroxyl groups excluding tert-OH is 1. The number of hydrogen-bond acceptors (Lipinski definition) is 5. The molecular weight excluding hydrogens is 290 g/mol. The lowest BCUT2D eigenvalue weighted by Crippen LogP contribution is -2.52. The van der Waals surface area contributed by atoms with Crippen molar-refractivity contribution in [3.63, 3.8) is 0 Å². The van der Waals surface area contributed by atoms with Crippen LogP contribution in [0.4, 0.5) is 5.69 Å². The van der Waals surface area contributed by atoms with E-state index in [2.05, 4.69) is 27.3 Å². The number of halogens is 1. The number of nitrogens with zero attached hydrogens (tertiary/aromatic N) is 2. The Balaban J connectivity index is 0.00000132. The zero-order valence-electron chi connectivity index (χ0n) is 11.9. The first-order chi connectivity index (χ1) is 9.79. The number of piperazine rings is 1. The predicted molar refractivity (Wildman–Crippen MR) is 83.3 cm³/mol. The molecule has 0 spiro atoms. The van der Waals surface area contributed by atoms with Crippen molar-refractivity contribution in [3.05, 3.63) is 18.3 Å². The number of pyridine rings is 1. The zero-order chi connectivity index (χ0) is 13.5. The van der Waals surface area contributed by atoms with Crippen molar-refractivity contribution in [1.29, 1.82) is 0 Å². The second-order valence-electron chi connectivity index (χ2n) is 6.17. The predicted octanol–water partition coefficient (Wildman–Crippen LogP) is 1.35. The van der Waals surface area contributed by atoms with Crippen molar-refractivity contribution in [2.75, 3.05) is 18.0 Å². The molecule has 2 unspecified atom stereocenters. The second-order valence-corrected chi connectivity index (χ2v) is 6.17. The van der Waals surface area contributed by atoms with Gasteiger partial charge < -0.3 is 20.1 Å². The van der Waals surface area contributed by atoms with Crippen LogP contribution < -0.4 is 15.0 Å². The Morgan fingerprint density at radius 3 is 2.62 bits per heavy atom. The van der Waals surface area contributed by atoms with Gasteiger partial charge in [-0.15, -0.1) is 12.4 Å².